The van der Waals surface area contributed by atoms with Crippen molar-refractivity contribution in [3.8, 4) is 0 Å². The number of fused-ring (bicyclic) bond motifs is 1. The molecule has 1 N–H and O–H groups in total. The molecule has 1 atom stereocenters. The van der Waals surface area contributed by atoms with Gasteiger partial charge in [0, 0.05) is 24.0 Å². The van der Waals surface area contributed by atoms with E-state index in [1.807, 2.05) is 12.1 Å². The van der Waals surface area contributed by atoms with E-state index in [-0.39, 0.29) is 0 Å². The molecule has 86 valence electrons. The molecule has 1 nitrogen and oxygen atoms in total. The first-order valence-corrected chi connectivity index (χ1v) is 6.26. The third kappa shape index (κ3) is 2.08. The van der Waals surface area contributed by atoms with Crippen molar-refractivity contribution in [2.45, 2.75) is 12.5 Å². The minimum Gasteiger partial charge on any atom is -0.312 e. The van der Waals surface area contributed by atoms with Gasteiger partial charge in [0.2, 0.25) is 0 Å². The van der Waals surface area contributed by atoms with Crippen LogP contribution in [0.3, 0.4) is 0 Å². The van der Waals surface area contributed by atoms with E-state index >= 15 is 0 Å². The molecular formula is C15H14ClN. The molecule has 1 unspecified atom stereocenters. The predicted octanol–water partition coefficient (Wildman–Crippen LogP) is 3.58. The molecule has 0 spiro atoms. The van der Waals surface area contributed by atoms with Gasteiger partial charge in [0.05, 0.1) is 0 Å². The maximum absolute atomic E-state index is 5.94. The van der Waals surface area contributed by atoms with Crippen LogP contribution in [0.2, 0.25) is 5.02 Å². The van der Waals surface area contributed by atoms with Gasteiger partial charge in [0.15, 0.2) is 0 Å². The molecule has 0 aromatic heterocycles. The van der Waals surface area contributed by atoms with Gasteiger partial charge in [0.1, 0.15) is 0 Å². The van der Waals surface area contributed by atoms with Gasteiger partial charge in [-0.25, -0.2) is 0 Å². The fourth-order valence-electron chi connectivity index (χ4n) is 2.49. The van der Waals surface area contributed by atoms with E-state index in [4.69, 9.17) is 11.6 Å². The maximum Gasteiger partial charge on any atom is 0.0406 e. The molecule has 0 amide bonds. The van der Waals surface area contributed by atoms with Crippen molar-refractivity contribution in [2.24, 2.45) is 0 Å². The molecule has 1 heterocycles. The van der Waals surface area contributed by atoms with Gasteiger partial charge < -0.3 is 5.32 Å². The topological polar surface area (TPSA) is 12.0 Å². The number of hydrogen-bond acceptors (Lipinski definition) is 1. The summed E-state index contributed by atoms with van der Waals surface area (Å²) in [5.74, 6) is 0.442. The van der Waals surface area contributed by atoms with Gasteiger partial charge in [-0.2, -0.15) is 0 Å². The summed E-state index contributed by atoms with van der Waals surface area (Å²) in [5, 5.41) is 4.27. The molecule has 17 heavy (non-hydrogen) atoms. The van der Waals surface area contributed by atoms with Crippen molar-refractivity contribution in [1.82, 2.24) is 5.32 Å². The second-order valence-electron chi connectivity index (χ2n) is 4.43. The van der Waals surface area contributed by atoms with Crippen LogP contribution < -0.4 is 5.32 Å². The van der Waals surface area contributed by atoms with E-state index in [1.54, 1.807) is 0 Å². The molecule has 0 bridgehead atoms. The summed E-state index contributed by atoms with van der Waals surface area (Å²) in [6.07, 6.45) is 0. The van der Waals surface area contributed by atoms with Crippen LogP contribution in [0.15, 0.2) is 48.5 Å². The Morgan fingerprint density at radius 2 is 1.76 bits per heavy atom. The molecule has 2 aromatic carbocycles. The first kappa shape index (κ1) is 10.8. The minimum atomic E-state index is 0.442. The Hall–Kier alpha value is -1.31. The Balaban J connectivity index is 2.03. The molecule has 0 saturated heterocycles. The van der Waals surface area contributed by atoms with Crippen LogP contribution in [-0.2, 0) is 6.54 Å². The number of nitrogens with one attached hydrogen (secondary N) is 1. The molecule has 1 aliphatic rings. The molecule has 0 aliphatic carbocycles. The van der Waals surface area contributed by atoms with Gasteiger partial charge in [-0.1, -0.05) is 48.0 Å². The van der Waals surface area contributed by atoms with Gasteiger partial charge in [-0.05, 0) is 28.8 Å². The molecule has 0 saturated carbocycles. The van der Waals surface area contributed by atoms with Crippen LogP contribution in [0, 0.1) is 0 Å². The maximum atomic E-state index is 5.94. The van der Waals surface area contributed by atoms with Crippen molar-refractivity contribution in [3.63, 3.8) is 0 Å². The van der Waals surface area contributed by atoms with Gasteiger partial charge >= 0.3 is 0 Å². The zero-order valence-electron chi connectivity index (χ0n) is 9.49. The first-order valence-electron chi connectivity index (χ1n) is 5.88. The van der Waals surface area contributed by atoms with E-state index in [0.717, 1.165) is 18.1 Å². The Morgan fingerprint density at radius 3 is 2.59 bits per heavy atom. The van der Waals surface area contributed by atoms with Gasteiger partial charge in [-0.3, -0.25) is 0 Å². The lowest BCUT2D eigenvalue weighted by Gasteiger charge is -2.26. The molecule has 3 rings (SSSR count). The molecule has 1 aliphatic heterocycles. The lowest BCUT2D eigenvalue weighted by atomic mass is 9.86. The van der Waals surface area contributed by atoms with Crippen LogP contribution in [-0.4, -0.2) is 6.54 Å². The van der Waals surface area contributed by atoms with Crippen LogP contribution in [0.1, 0.15) is 22.6 Å². The summed E-state index contributed by atoms with van der Waals surface area (Å²) in [7, 11) is 0. The smallest absolute Gasteiger partial charge is 0.0406 e. The van der Waals surface area contributed by atoms with E-state index in [0.29, 0.717) is 5.92 Å². The zero-order chi connectivity index (χ0) is 11.7. The highest BCUT2D eigenvalue weighted by Crippen LogP contribution is 2.30. The van der Waals surface area contributed by atoms with Crippen molar-refractivity contribution in [3.05, 3.63) is 70.2 Å². The summed E-state index contributed by atoms with van der Waals surface area (Å²) in [6.45, 7) is 1.97. The van der Waals surface area contributed by atoms with Gasteiger partial charge in [0.25, 0.3) is 0 Å². The minimum absolute atomic E-state index is 0.442. The lowest BCUT2D eigenvalue weighted by molar-refractivity contribution is 0.591. The third-order valence-electron chi connectivity index (χ3n) is 3.37. The monoisotopic (exact) mass is 243 g/mol. The molecule has 0 radical (unpaired) electrons. The number of benzene rings is 2. The number of hydrogen-bond donors (Lipinski definition) is 1. The first-order chi connectivity index (χ1) is 8.34. The van der Waals surface area contributed by atoms with Crippen molar-refractivity contribution < 1.29 is 0 Å². The fraction of sp³-hybridized carbons (Fsp3) is 0.200. The SMILES string of the molecule is Clc1ccc(C2CNCc3ccccc32)cc1. The van der Waals surface area contributed by atoms with E-state index in [1.165, 1.54) is 16.7 Å². The van der Waals surface area contributed by atoms with E-state index in [9.17, 15) is 0 Å². The second-order valence-corrected chi connectivity index (χ2v) is 4.87. The standard InChI is InChI=1S/C15H14ClN/c16-13-7-5-11(6-8-13)15-10-17-9-12-3-1-2-4-14(12)15/h1-8,15,17H,9-10H2. The average molecular weight is 244 g/mol. The average Bonchev–Trinajstić information content (AvgIpc) is 2.39. The van der Waals surface area contributed by atoms with Gasteiger partial charge in [-0.15, -0.1) is 0 Å². The number of rotatable bonds is 1. The molecule has 2 heteroatoms. The quantitative estimate of drug-likeness (QED) is 0.808. The molecule has 0 fully saturated rings. The predicted molar refractivity (Wildman–Crippen MR) is 71.4 cm³/mol. The van der Waals surface area contributed by atoms with Crippen molar-refractivity contribution in [2.75, 3.05) is 6.54 Å². The molecular weight excluding hydrogens is 230 g/mol. The fourth-order valence-corrected chi connectivity index (χ4v) is 2.61. The van der Waals surface area contributed by atoms with Crippen LogP contribution in [0.5, 0.6) is 0 Å². The third-order valence-corrected chi connectivity index (χ3v) is 3.62. The summed E-state index contributed by atoms with van der Waals surface area (Å²) < 4.78 is 0. The van der Waals surface area contributed by atoms with Crippen molar-refractivity contribution >= 4 is 11.6 Å². The summed E-state index contributed by atoms with van der Waals surface area (Å²) in [4.78, 5) is 0. The lowest BCUT2D eigenvalue weighted by Crippen LogP contribution is -2.28. The summed E-state index contributed by atoms with van der Waals surface area (Å²) in [5.41, 5.74) is 4.17. The highest BCUT2D eigenvalue weighted by molar-refractivity contribution is 6.30. The second kappa shape index (κ2) is 4.52. The normalized spacial score (nSPS) is 18.8. The Labute approximate surface area is 106 Å². The summed E-state index contributed by atoms with van der Waals surface area (Å²) in [6, 6.07) is 16.8. The zero-order valence-corrected chi connectivity index (χ0v) is 10.2. The van der Waals surface area contributed by atoms with Crippen molar-refractivity contribution in [1.29, 1.82) is 0 Å². The Morgan fingerprint density at radius 1 is 1.00 bits per heavy atom. The van der Waals surface area contributed by atoms with E-state index in [2.05, 4.69) is 41.7 Å². The number of halogens is 1. The van der Waals surface area contributed by atoms with Crippen LogP contribution in [0.25, 0.3) is 0 Å². The van der Waals surface area contributed by atoms with E-state index < -0.39 is 0 Å². The Bertz CT molecular complexity index is 519. The van der Waals surface area contributed by atoms with Crippen LogP contribution >= 0.6 is 11.6 Å². The largest absolute Gasteiger partial charge is 0.312 e. The Kier molecular flexibility index (Phi) is 2.87. The highest BCUT2D eigenvalue weighted by atomic mass is 35.5. The summed E-state index contributed by atoms with van der Waals surface area (Å²) >= 11 is 5.94. The molecule has 2 aromatic rings. The highest BCUT2D eigenvalue weighted by Gasteiger charge is 2.20. The van der Waals surface area contributed by atoms with Crippen LogP contribution in [0.4, 0.5) is 0 Å².